The van der Waals surface area contributed by atoms with Gasteiger partial charge in [-0.3, -0.25) is 28.7 Å². The Bertz CT molecular complexity index is 1770. The molecule has 0 unspecified atom stereocenters. The Morgan fingerprint density at radius 3 is 1.75 bits per heavy atom. The Labute approximate surface area is 215 Å². The van der Waals surface area contributed by atoms with Gasteiger partial charge in [0.2, 0.25) is 11.8 Å². The molecule has 0 radical (unpaired) electrons. The fourth-order valence-corrected chi connectivity index (χ4v) is 4.00. The summed E-state index contributed by atoms with van der Waals surface area (Å²) in [5.74, 6) is -0.653. The Morgan fingerprint density at radius 2 is 1.25 bits per heavy atom. The molecule has 0 amide bonds. The molecule has 0 atom stereocenters. The van der Waals surface area contributed by atoms with Gasteiger partial charge in [-0.1, -0.05) is 42.5 Å². The van der Waals surface area contributed by atoms with E-state index >= 15 is 0 Å². The van der Waals surface area contributed by atoms with Gasteiger partial charge in [-0.05, 0) is 73.4 Å². The van der Waals surface area contributed by atoms with Crippen molar-refractivity contribution in [2.24, 2.45) is 0 Å². The molecule has 0 bridgehead atoms. The van der Waals surface area contributed by atoms with Crippen LogP contribution in [0, 0.1) is 9.54 Å². The summed E-state index contributed by atoms with van der Waals surface area (Å²) in [5.41, 5.74) is 3.39. The van der Waals surface area contributed by atoms with Gasteiger partial charge >= 0.3 is 0 Å². The molecule has 10 heteroatoms. The number of nitrogens with one attached hydrogen (secondary N) is 2. The van der Waals surface area contributed by atoms with Crippen molar-refractivity contribution < 1.29 is 10.2 Å². The summed E-state index contributed by atoms with van der Waals surface area (Å²) < 4.78 is 2.79. The Kier molecular flexibility index (Phi) is 7.12. The van der Waals surface area contributed by atoms with Crippen molar-refractivity contribution >= 4 is 36.6 Å². The molecule has 0 aliphatic heterocycles. The predicted molar refractivity (Wildman–Crippen MR) is 144 cm³/mol. The number of rotatable bonds is 5. The Hall–Kier alpha value is -4.50. The molecule has 4 aromatic rings. The third-order valence-corrected chi connectivity index (χ3v) is 5.78. The van der Waals surface area contributed by atoms with Gasteiger partial charge in [0, 0.05) is 0 Å². The van der Waals surface area contributed by atoms with E-state index < -0.39 is 11.1 Å². The number of hydrogen-bond donors (Lipinski definition) is 4. The number of aromatic nitrogens is 4. The van der Waals surface area contributed by atoms with Crippen LogP contribution in [0.15, 0.2) is 87.6 Å². The Balaban J connectivity index is 1.75. The zero-order valence-corrected chi connectivity index (χ0v) is 20.6. The second kappa shape index (κ2) is 10.4. The van der Waals surface area contributed by atoms with Gasteiger partial charge in [0.05, 0.1) is 11.4 Å². The van der Waals surface area contributed by atoms with Crippen molar-refractivity contribution in [1.29, 1.82) is 0 Å². The summed E-state index contributed by atoms with van der Waals surface area (Å²) in [6.45, 7) is 1.68. The lowest BCUT2D eigenvalue weighted by molar-refractivity contribution is 0.431. The summed E-state index contributed by atoms with van der Waals surface area (Å²) in [7, 11) is 0. The fourth-order valence-electron chi connectivity index (χ4n) is 3.43. The van der Waals surface area contributed by atoms with Crippen molar-refractivity contribution in [1.82, 2.24) is 19.1 Å². The molecule has 0 spiro atoms. The molecule has 2 aromatic heterocycles. The van der Waals surface area contributed by atoms with E-state index in [-0.39, 0.29) is 32.4 Å². The molecule has 0 saturated carbocycles. The van der Waals surface area contributed by atoms with Crippen LogP contribution in [0.3, 0.4) is 0 Å². The quantitative estimate of drug-likeness (QED) is 0.172. The van der Waals surface area contributed by atoms with E-state index in [0.29, 0.717) is 16.9 Å². The highest BCUT2D eigenvalue weighted by Crippen LogP contribution is 2.22. The second-order valence-corrected chi connectivity index (χ2v) is 8.41. The monoisotopic (exact) mass is 516 g/mol. The normalized spacial score (nSPS) is 10.8. The van der Waals surface area contributed by atoms with Gasteiger partial charge < -0.3 is 10.2 Å². The molecule has 4 N–H and O–H groups in total. The molecule has 180 valence electrons. The van der Waals surface area contributed by atoms with Crippen molar-refractivity contribution in [2.75, 3.05) is 0 Å². The number of hydrogen-bond acceptors (Lipinski definition) is 6. The molecule has 0 saturated heterocycles. The largest absolute Gasteiger partial charge is 0.494 e. The molecule has 2 aromatic carbocycles. The minimum absolute atomic E-state index is 0.00771. The van der Waals surface area contributed by atoms with Gasteiger partial charge in [-0.2, -0.15) is 0 Å². The third-order valence-electron chi connectivity index (χ3n) is 5.21. The van der Waals surface area contributed by atoms with E-state index in [1.807, 2.05) is 12.1 Å². The molecule has 2 heterocycles. The maximum Gasteiger partial charge on any atom is 0.263 e. The second-order valence-electron chi connectivity index (χ2n) is 7.64. The summed E-state index contributed by atoms with van der Waals surface area (Å²) in [4.78, 5) is 30.0. The number of nitrogens with zero attached hydrogens (tertiary/aromatic N) is 2. The van der Waals surface area contributed by atoms with Crippen LogP contribution in [0.5, 0.6) is 11.8 Å². The van der Waals surface area contributed by atoms with E-state index in [4.69, 9.17) is 24.4 Å². The molecule has 0 aliphatic rings. The first-order valence-corrected chi connectivity index (χ1v) is 11.5. The molecule has 0 aliphatic carbocycles. The molecule has 4 rings (SSSR count). The number of benzene rings is 2. The minimum atomic E-state index is -0.576. The van der Waals surface area contributed by atoms with Crippen molar-refractivity contribution in [2.45, 2.75) is 6.92 Å². The number of aromatic hydroxyl groups is 2. The molecule has 36 heavy (non-hydrogen) atoms. The lowest BCUT2D eigenvalue weighted by Crippen LogP contribution is -2.15. The number of para-hydroxylation sites is 2. The predicted octanol–water partition coefficient (Wildman–Crippen LogP) is 4.79. The minimum Gasteiger partial charge on any atom is -0.494 e. The van der Waals surface area contributed by atoms with Crippen LogP contribution in [-0.2, 0) is 0 Å². The van der Waals surface area contributed by atoms with Gasteiger partial charge in [-0.15, -0.1) is 5.73 Å². The maximum atomic E-state index is 12.5. The first-order valence-electron chi connectivity index (χ1n) is 10.7. The average Bonchev–Trinajstić information content (AvgIpc) is 2.84. The van der Waals surface area contributed by atoms with Crippen LogP contribution >= 0.6 is 24.4 Å². The average molecular weight is 517 g/mol. The van der Waals surface area contributed by atoms with Crippen LogP contribution in [0.1, 0.15) is 18.1 Å². The van der Waals surface area contributed by atoms with Gasteiger partial charge in [-0.25, -0.2) is 0 Å². The van der Waals surface area contributed by atoms with Crippen molar-refractivity contribution in [3.63, 3.8) is 0 Å². The SMILES string of the molecule is CC(=C=Cc1c(O)n(-c2ccccc2)c(=S)[nH]c1=O)C=Cc1c(O)n(-c2ccccc2)c(=S)[nH]c1=O. The van der Waals surface area contributed by atoms with Crippen molar-refractivity contribution in [3.05, 3.63) is 119 Å². The lowest BCUT2D eigenvalue weighted by atomic mass is 10.2. The van der Waals surface area contributed by atoms with Gasteiger partial charge in [0.25, 0.3) is 11.1 Å². The highest BCUT2D eigenvalue weighted by molar-refractivity contribution is 7.71. The highest BCUT2D eigenvalue weighted by atomic mass is 32.1. The van der Waals surface area contributed by atoms with Crippen molar-refractivity contribution in [3.8, 4) is 23.1 Å². The van der Waals surface area contributed by atoms with E-state index in [1.54, 1.807) is 55.5 Å². The van der Waals surface area contributed by atoms with Gasteiger partial charge in [0.15, 0.2) is 9.54 Å². The first kappa shape index (κ1) is 24.6. The topological polar surface area (TPSA) is 116 Å². The third kappa shape index (κ3) is 4.96. The molecular weight excluding hydrogens is 496 g/mol. The van der Waals surface area contributed by atoms with E-state index in [9.17, 15) is 19.8 Å². The fraction of sp³-hybridized carbons (Fsp3) is 0.0385. The summed E-state index contributed by atoms with van der Waals surface area (Å²) >= 11 is 10.4. The highest BCUT2D eigenvalue weighted by Gasteiger charge is 2.13. The zero-order valence-electron chi connectivity index (χ0n) is 18.9. The maximum absolute atomic E-state index is 12.5. The Morgan fingerprint density at radius 1 is 0.806 bits per heavy atom. The number of allylic oxidation sites excluding steroid dienone is 2. The number of H-pyrrole nitrogens is 2. The van der Waals surface area contributed by atoms with Crippen LogP contribution in [0.25, 0.3) is 23.5 Å². The summed E-state index contributed by atoms with van der Waals surface area (Å²) in [6.07, 6.45) is 4.28. The van der Waals surface area contributed by atoms with E-state index in [2.05, 4.69) is 15.7 Å². The van der Waals surface area contributed by atoms with Crippen LogP contribution in [0.4, 0.5) is 0 Å². The van der Waals surface area contributed by atoms with Crippen LogP contribution in [0.2, 0.25) is 0 Å². The van der Waals surface area contributed by atoms with E-state index in [1.165, 1.54) is 27.4 Å². The zero-order chi connectivity index (χ0) is 25.8. The number of aromatic amines is 2. The van der Waals surface area contributed by atoms with Crippen LogP contribution in [-0.4, -0.2) is 29.3 Å². The van der Waals surface area contributed by atoms with Crippen LogP contribution < -0.4 is 11.1 Å². The first-order chi connectivity index (χ1) is 17.3. The molecular formula is C26H20N4O4S2. The van der Waals surface area contributed by atoms with E-state index in [0.717, 1.165) is 0 Å². The lowest BCUT2D eigenvalue weighted by Gasteiger charge is -2.11. The summed E-state index contributed by atoms with van der Waals surface area (Å²) in [6, 6.07) is 17.7. The van der Waals surface area contributed by atoms with Gasteiger partial charge in [0.1, 0.15) is 11.1 Å². The smallest absolute Gasteiger partial charge is 0.263 e. The molecule has 8 nitrogen and oxygen atoms in total. The standard InChI is InChI=1S/C26H20N4O4S2/c1-16(12-14-19-21(31)27-25(35)29(23(19)33)17-8-4-2-5-9-17)13-15-20-22(32)28-26(36)30(24(20)34)18-10-6-3-7-11-18/h2-12,14-15,33-34H,1H3,(H,27,31,35)(H,28,32,36). The molecule has 0 fully saturated rings. The summed E-state index contributed by atoms with van der Waals surface area (Å²) in [5, 5.41) is 21.5.